The molecule has 0 amide bonds. The van der Waals surface area contributed by atoms with Crippen LogP contribution in [0.4, 0.5) is 5.82 Å². The van der Waals surface area contributed by atoms with Gasteiger partial charge in [0.05, 0.1) is 12.1 Å². The summed E-state index contributed by atoms with van der Waals surface area (Å²) in [5, 5.41) is 10.0. The molecule has 0 saturated carbocycles. The molecule has 100 valence electrons. The van der Waals surface area contributed by atoms with E-state index in [1.807, 2.05) is 20.2 Å². The Labute approximate surface area is 108 Å². The predicted molar refractivity (Wildman–Crippen MR) is 71.8 cm³/mol. The molecule has 1 fully saturated rings. The van der Waals surface area contributed by atoms with Crippen LogP contribution in [0, 0.1) is 0 Å². The normalized spacial score (nSPS) is 24.3. The van der Waals surface area contributed by atoms with E-state index in [2.05, 4.69) is 33.6 Å². The minimum Gasteiger partial charge on any atom is -0.390 e. The summed E-state index contributed by atoms with van der Waals surface area (Å²) in [4.78, 5) is 13.0. The zero-order valence-electron chi connectivity index (χ0n) is 11.5. The first-order valence-corrected chi connectivity index (χ1v) is 6.41. The molecule has 18 heavy (non-hydrogen) atoms. The summed E-state index contributed by atoms with van der Waals surface area (Å²) in [6, 6.07) is 2.08. The zero-order chi connectivity index (χ0) is 13.3. The minimum absolute atomic E-state index is 0.169. The lowest BCUT2D eigenvalue weighted by molar-refractivity contribution is 0.114. The Kier molecular flexibility index (Phi) is 3.82. The van der Waals surface area contributed by atoms with Crippen LogP contribution in [-0.4, -0.2) is 59.3 Å². The second-order valence-electron chi connectivity index (χ2n) is 5.43. The van der Waals surface area contributed by atoms with Gasteiger partial charge < -0.3 is 14.9 Å². The summed E-state index contributed by atoms with van der Waals surface area (Å²) in [6.07, 6.45) is 1.48. The van der Waals surface area contributed by atoms with Crippen molar-refractivity contribution in [3.8, 4) is 0 Å². The number of aliphatic hydroxyl groups is 1. The van der Waals surface area contributed by atoms with Gasteiger partial charge in [-0.3, -0.25) is 0 Å². The van der Waals surface area contributed by atoms with E-state index in [4.69, 9.17) is 0 Å². The first-order chi connectivity index (χ1) is 8.49. The number of aromatic nitrogens is 2. The van der Waals surface area contributed by atoms with Gasteiger partial charge in [0.2, 0.25) is 0 Å². The Morgan fingerprint density at radius 2 is 2.11 bits per heavy atom. The Balaban J connectivity index is 2.16. The average Bonchev–Trinajstić information content (AvgIpc) is 2.71. The zero-order valence-corrected chi connectivity index (χ0v) is 11.5. The molecule has 0 aliphatic carbocycles. The Bertz CT molecular complexity index is 408. The number of aliphatic hydroxyl groups excluding tert-OH is 1. The molecule has 1 aromatic rings. The number of hydrogen-bond donors (Lipinski definition) is 1. The van der Waals surface area contributed by atoms with Crippen molar-refractivity contribution in [1.82, 2.24) is 14.9 Å². The quantitative estimate of drug-likeness (QED) is 0.856. The van der Waals surface area contributed by atoms with Crippen molar-refractivity contribution in [1.29, 1.82) is 0 Å². The number of hydrogen-bond acceptors (Lipinski definition) is 5. The summed E-state index contributed by atoms with van der Waals surface area (Å²) in [5.74, 6) is 2.09. The monoisotopic (exact) mass is 250 g/mol. The van der Waals surface area contributed by atoms with E-state index < -0.39 is 0 Å². The predicted octanol–water partition coefficient (Wildman–Crippen LogP) is 0.711. The summed E-state index contributed by atoms with van der Waals surface area (Å²) in [6.45, 7) is 5.61. The molecule has 1 N–H and O–H groups in total. The molecule has 2 rings (SSSR count). The highest BCUT2D eigenvalue weighted by Gasteiger charge is 2.33. The first kappa shape index (κ1) is 13.2. The van der Waals surface area contributed by atoms with Crippen molar-refractivity contribution >= 4 is 5.82 Å². The summed E-state index contributed by atoms with van der Waals surface area (Å²) >= 11 is 0. The summed E-state index contributed by atoms with van der Waals surface area (Å²) in [7, 11) is 3.99. The Morgan fingerprint density at radius 3 is 2.67 bits per heavy atom. The largest absolute Gasteiger partial charge is 0.390 e. The van der Waals surface area contributed by atoms with Crippen molar-refractivity contribution in [3.63, 3.8) is 0 Å². The minimum atomic E-state index is -0.322. The first-order valence-electron chi connectivity index (χ1n) is 6.41. The molecule has 1 saturated heterocycles. The SMILES string of the molecule is CC(C)c1nccc(N2C[C@H](O)[C@@H](N(C)C)C2)n1. The van der Waals surface area contributed by atoms with Crippen molar-refractivity contribution < 1.29 is 5.11 Å². The fourth-order valence-electron chi connectivity index (χ4n) is 2.28. The van der Waals surface area contributed by atoms with E-state index in [0.29, 0.717) is 12.5 Å². The second-order valence-corrected chi connectivity index (χ2v) is 5.43. The lowest BCUT2D eigenvalue weighted by Gasteiger charge is -2.22. The molecule has 2 heterocycles. The molecule has 1 aliphatic rings. The van der Waals surface area contributed by atoms with Crippen LogP contribution in [0.3, 0.4) is 0 Å². The maximum absolute atomic E-state index is 10.0. The van der Waals surface area contributed by atoms with Gasteiger partial charge in [-0.2, -0.15) is 0 Å². The van der Waals surface area contributed by atoms with Crippen LogP contribution in [-0.2, 0) is 0 Å². The molecule has 0 bridgehead atoms. The molecular weight excluding hydrogens is 228 g/mol. The number of likely N-dealkylation sites (N-methyl/N-ethyl adjacent to an activating group) is 1. The van der Waals surface area contributed by atoms with Gasteiger partial charge in [0.15, 0.2) is 0 Å². The molecular formula is C13H22N4O. The lowest BCUT2D eigenvalue weighted by Crippen LogP contribution is -2.38. The van der Waals surface area contributed by atoms with Crippen molar-refractivity contribution in [2.45, 2.75) is 31.9 Å². The molecule has 0 spiro atoms. The molecule has 0 radical (unpaired) electrons. The van der Waals surface area contributed by atoms with E-state index in [0.717, 1.165) is 18.2 Å². The smallest absolute Gasteiger partial charge is 0.133 e. The van der Waals surface area contributed by atoms with Crippen LogP contribution in [0.15, 0.2) is 12.3 Å². The van der Waals surface area contributed by atoms with Gasteiger partial charge in [-0.05, 0) is 20.2 Å². The van der Waals surface area contributed by atoms with Crippen LogP contribution in [0.2, 0.25) is 0 Å². The van der Waals surface area contributed by atoms with Gasteiger partial charge in [-0.1, -0.05) is 13.8 Å². The van der Waals surface area contributed by atoms with Gasteiger partial charge >= 0.3 is 0 Å². The fourth-order valence-corrected chi connectivity index (χ4v) is 2.28. The number of rotatable bonds is 3. The topological polar surface area (TPSA) is 52.5 Å². The Hall–Kier alpha value is -1.20. The fraction of sp³-hybridized carbons (Fsp3) is 0.692. The van der Waals surface area contributed by atoms with Crippen LogP contribution >= 0.6 is 0 Å². The van der Waals surface area contributed by atoms with Gasteiger partial charge in [-0.15, -0.1) is 0 Å². The average molecular weight is 250 g/mol. The molecule has 5 nitrogen and oxygen atoms in total. The lowest BCUT2D eigenvalue weighted by atomic mass is 10.2. The maximum Gasteiger partial charge on any atom is 0.133 e. The van der Waals surface area contributed by atoms with Crippen LogP contribution < -0.4 is 4.90 Å². The van der Waals surface area contributed by atoms with Crippen LogP contribution in [0.1, 0.15) is 25.6 Å². The van der Waals surface area contributed by atoms with E-state index in [1.54, 1.807) is 6.20 Å². The second kappa shape index (κ2) is 5.20. The molecule has 5 heteroatoms. The van der Waals surface area contributed by atoms with E-state index in [9.17, 15) is 5.11 Å². The summed E-state index contributed by atoms with van der Waals surface area (Å²) in [5.41, 5.74) is 0. The standard InChI is InChI=1S/C13H22N4O/c1-9(2)13-14-6-5-12(15-13)17-7-10(16(3)4)11(18)8-17/h5-6,9-11,18H,7-8H2,1-4H3/t10-,11-/m0/s1. The molecule has 0 aromatic carbocycles. The third kappa shape index (κ3) is 2.62. The molecule has 1 aliphatic heterocycles. The summed E-state index contributed by atoms with van der Waals surface area (Å²) < 4.78 is 0. The van der Waals surface area contributed by atoms with Gasteiger partial charge in [0.25, 0.3) is 0 Å². The highest BCUT2D eigenvalue weighted by Crippen LogP contribution is 2.21. The molecule has 0 unspecified atom stereocenters. The third-order valence-electron chi connectivity index (χ3n) is 3.42. The highest BCUT2D eigenvalue weighted by atomic mass is 16.3. The van der Waals surface area contributed by atoms with E-state index in [-0.39, 0.29) is 12.1 Å². The van der Waals surface area contributed by atoms with Crippen molar-refractivity contribution in [3.05, 3.63) is 18.1 Å². The van der Waals surface area contributed by atoms with E-state index in [1.165, 1.54) is 0 Å². The Morgan fingerprint density at radius 1 is 1.39 bits per heavy atom. The van der Waals surface area contributed by atoms with Gasteiger partial charge in [0.1, 0.15) is 11.6 Å². The van der Waals surface area contributed by atoms with Crippen LogP contribution in [0.25, 0.3) is 0 Å². The van der Waals surface area contributed by atoms with Gasteiger partial charge in [0, 0.05) is 25.2 Å². The van der Waals surface area contributed by atoms with Crippen LogP contribution in [0.5, 0.6) is 0 Å². The highest BCUT2D eigenvalue weighted by molar-refractivity contribution is 5.40. The van der Waals surface area contributed by atoms with Gasteiger partial charge in [-0.25, -0.2) is 9.97 Å². The van der Waals surface area contributed by atoms with Crippen molar-refractivity contribution in [2.75, 3.05) is 32.1 Å². The number of anilines is 1. The number of nitrogens with zero attached hydrogens (tertiary/aromatic N) is 4. The number of β-amino-alcohol motifs (C(OH)–C–C–N with tert-alkyl or cyclic N) is 1. The third-order valence-corrected chi connectivity index (χ3v) is 3.42. The molecule has 2 atom stereocenters. The van der Waals surface area contributed by atoms with E-state index >= 15 is 0 Å². The maximum atomic E-state index is 10.0. The molecule has 1 aromatic heterocycles. The van der Waals surface area contributed by atoms with Crippen molar-refractivity contribution in [2.24, 2.45) is 0 Å².